The first-order valence-electron chi connectivity index (χ1n) is 5.07. The first kappa shape index (κ1) is 12.5. The Morgan fingerprint density at radius 3 is 2.28 bits per heavy atom. The highest BCUT2D eigenvalue weighted by Gasteiger charge is 2.11. The fourth-order valence-electron chi connectivity index (χ4n) is 1.51. The summed E-state index contributed by atoms with van der Waals surface area (Å²) < 4.78 is 10.9. The Hall–Kier alpha value is -2.00. The Balaban J connectivity index is 2.52. The standard InChI is InChI=1S/C12H10BrN3O2/c1-17-8-3-7(4-9(5-8)18-2)12-15-10(6-14)11(13)16-12/h3-5H,1-2H3,(H,15,16). The molecule has 1 aromatic heterocycles. The lowest BCUT2D eigenvalue weighted by Crippen LogP contribution is -1.89. The van der Waals surface area contributed by atoms with Gasteiger partial charge in [0.25, 0.3) is 0 Å². The molecule has 0 spiro atoms. The summed E-state index contributed by atoms with van der Waals surface area (Å²) in [6, 6.07) is 7.39. The van der Waals surface area contributed by atoms with Gasteiger partial charge in [-0.15, -0.1) is 0 Å². The minimum Gasteiger partial charge on any atom is -0.497 e. The third-order valence-electron chi connectivity index (χ3n) is 2.39. The number of aromatic nitrogens is 2. The van der Waals surface area contributed by atoms with E-state index in [9.17, 15) is 0 Å². The molecule has 5 nitrogen and oxygen atoms in total. The number of benzene rings is 1. The molecule has 18 heavy (non-hydrogen) atoms. The summed E-state index contributed by atoms with van der Waals surface area (Å²) in [5, 5.41) is 8.87. The molecule has 0 aliphatic carbocycles. The zero-order valence-electron chi connectivity index (χ0n) is 9.82. The van der Waals surface area contributed by atoms with E-state index in [4.69, 9.17) is 14.7 Å². The second-order valence-electron chi connectivity index (χ2n) is 3.46. The predicted molar refractivity (Wildman–Crippen MR) is 69.5 cm³/mol. The van der Waals surface area contributed by atoms with Crippen LogP contribution in [0.15, 0.2) is 22.8 Å². The quantitative estimate of drug-likeness (QED) is 0.946. The van der Waals surface area contributed by atoms with E-state index in [1.165, 1.54) is 0 Å². The molecule has 0 aliphatic rings. The van der Waals surface area contributed by atoms with Crippen LogP contribution in [0.3, 0.4) is 0 Å². The van der Waals surface area contributed by atoms with Crippen LogP contribution >= 0.6 is 15.9 Å². The fraction of sp³-hybridized carbons (Fsp3) is 0.167. The number of nitriles is 1. The van der Waals surface area contributed by atoms with Crippen molar-refractivity contribution in [1.29, 1.82) is 5.26 Å². The Kier molecular flexibility index (Phi) is 3.53. The molecule has 1 heterocycles. The SMILES string of the molecule is COc1cc(OC)cc(-c2nc(C#N)c(Br)[nH]2)c1. The normalized spacial score (nSPS) is 9.89. The van der Waals surface area contributed by atoms with Gasteiger partial charge in [-0.25, -0.2) is 4.98 Å². The van der Waals surface area contributed by atoms with Gasteiger partial charge in [0.15, 0.2) is 5.69 Å². The van der Waals surface area contributed by atoms with E-state index in [2.05, 4.69) is 25.9 Å². The number of ether oxygens (including phenoxy) is 2. The molecule has 0 aliphatic heterocycles. The maximum absolute atomic E-state index is 8.87. The molecule has 0 amide bonds. The molecule has 0 saturated heterocycles. The van der Waals surface area contributed by atoms with Crippen molar-refractivity contribution in [3.8, 4) is 29.0 Å². The zero-order valence-corrected chi connectivity index (χ0v) is 11.4. The predicted octanol–water partition coefficient (Wildman–Crippen LogP) is 2.73. The number of rotatable bonds is 3. The van der Waals surface area contributed by atoms with E-state index >= 15 is 0 Å². The van der Waals surface area contributed by atoms with Gasteiger partial charge in [-0.2, -0.15) is 5.26 Å². The Morgan fingerprint density at radius 1 is 1.22 bits per heavy atom. The third kappa shape index (κ3) is 2.31. The highest BCUT2D eigenvalue weighted by atomic mass is 79.9. The molecule has 1 aromatic carbocycles. The minimum absolute atomic E-state index is 0.312. The Morgan fingerprint density at radius 2 is 1.83 bits per heavy atom. The second-order valence-corrected chi connectivity index (χ2v) is 4.25. The number of hydrogen-bond donors (Lipinski definition) is 1. The van der Waals surface area contributed by atoms with Crippen molar-refractivity contribution in [3.63, 3.8) is 0 Å². The largest absolute Gasteiger partial charge is 0.497 e. The summed E-state index contributed by atoms with van der Waals surface area (Å²) in [4.78, 5) is 7.16. The van der Waals surface area contributed by atoms with Crippen LogP contribution < -0.4 is 9.47 Å². The number of H-pyrrole nitrogens is 1. The molecule has 2 aromatic rings. The monoisotopic (exact) mass is 307 g/mol. The lowest BCUT2D eigenvalue weighted by Gasteiger charge is -2.06. The topological polar surface area (TPSA) is 70.9 Å². The third-order valence-corrected chi connectivity index (χ3v) is 2.96. The van der Waals surface area contributed by atoms with Crippen molar-refractivity contribution in [2.45, 2.75) is 0 Å². The van der Waals surface area contributed by atoms with Gasteiger partial charge >= 0.3 is 0 Å². The maximum atomic E-state index is 8.87. The van der Waals surface area contributed by atoms with E-state index in [1.54, 1.807) is 20.3 Å². The van der Waals surface area contributed by atoms with Crippen LogP contribution in [0.25, 0.3) is 11.4 Å². The molecule has 0 fully saturated rings. The molecule has 0 atom stereocenters. The Bertz CT molecular complexity index is 594. The van der Waals surface area contributed by atoms with Gasteiger partial charge in [0.05, 0.1) is 14.2 Å². The van der Waals surface area contributed by atoms with Crippen LogP contribution in [0.5, 0.6) is 11.5 Å². The molecule has 0 radical (unpaired) electrons. The highest BCUT2D eigenvalue weighted by Crippen LogP contribution is 2.29. The first-order valence-corrected chi connectivity index (χ1v) is 5.86. The Labute approximate surface area is 112 Å². The van der Waals surface area contributed by atoms with Crippen molar-refractivity contribution in [3.05, 3.63) is 28.5 Å². The summed E-state index contributed by atoms with van der Waals surface area (Å²) in [6.07, 6.45) is 0. The van der Waals surface area contributed by atoms with Crippen molar-refractivity contribution < 1.29 is 9.47 Å². The minimum atomic E-state index is 0.312. The molecule has 1 N–H and O–H groups in total. The molecule has 0 saturated carbocycles. The van der Waals surface area contributed by atoms with Crippen LogP contribution in [0.2, 0.25) is 0 Å². The van der Waals surface area contributed by atoms with Crippen LogP contribution in [-0.4, -0.2) is 24.2 Å². The molecule has 2 rings (SSSR count). The number of aromatic amines is 1. The van der Waals surface area contributed by atoms with E-state index in [1.807, 2.05) is 18.2 Å². The van der Waals surface area contributed by atoms with E-state index in [0.29, 0.717) is 27.6 Å². The summed E-state index contributed by atoms with van der Waals surface area (Å²) in [5.74, 6) is 1.90. The van der Waals surface area contributed by atoms with Crippen molar-refractivity contribution in [2.75, 3.05) is 14.2 Å². The number of methoxy groups -OCH3 is 2. The molecule has 6 heteroatoms. The number of halogens is 1. The van der Waals surface area contributed by atoms with Crippen LogP contribution in [0.1, 0.15) is 5.69 Å². The van der Waals surface area contributed by atoms with E-state index in [0.717, 1.165) is 5.56 Å². The first-order chi connectivity index (χ1) is 8.67. The average Bonchev–Trinajstić information content (AvgIpc) is 2.79. The maximum Gasteiger partial charge on any atom is 0.173 e. The van der Waals surface area contributed by atoms with Crippen molar-refractivity contribution in [2.24, 2.45) is 0 Å². The lowest BCUT2D eigenvalue weighted by atomic mass is 10.2. The van der Waals surface area contributed by atoms with Gasteiger partial charge in [0, 0.05) is 11.6 Å². The number of nitrogens with zero attached hydrogens (tertiary/aromatic N) is 2. The number of nitrogens with one attached hydrogen (secondary N) is 1. The van der Waals surface area contributed by atoms with Crippen LogP contribution in [-0.2, 0) is 0 Å². The van der Waals surface area contributed by atoms with E-state index < -0.39 is 0 Å². The average molecular weight is 308 g/mol. The summed E-state index contributed by atoms with van der Waals surface area (Å²) in [6.45, 7) is 0. The van der Waals surface area contributed by atoms with Crippen LogP contribution in [0.4, 0.5) is 0 Å². The summed E-state index contributed by atoms with van der Waals surface area (Å²) >= 11 is 3.24. The fourth-order valence-corrected chi connectivity index (χ4v) is 1.87. The van der Waals surface area contributed by atoms with Gasteiger partial charge in [-0.05, 0) is 28.1 Å². The molecule has 0 unspecified atom stereocenters. The smallest absolute Gasteiger partial charge is 0.173 e. The molecular formula is C12H10BrN3O2. The van der Waals surface area contributed by atoms with Gasteiger partial charge in [-0.3, -0.25) is 0 Å². The van der Waals surface area contributed by atoms with E-state index in [-0.39, 0.29) is 0 Å². The summed E-state index contributed by atoms with van der Waals surface area (Å²) in [7, 11) is 3.16. The second kappa shape index (κ2) is 5.10. The van der Waals surface area contributed by atoms with Gasteiger partial charge in [0.1, 0.15) is 28.0 Å². The van der Waals surface area contributed by atoms with Gasteiger partial charge in [-0.1, -0.05) is 0 Å². The summed E-state index contributed by atoms with van der Waals surface area (Å²) in [5.41, 5.74) is 1.10. The zero-order chi connectivity index (χ0) is 13.1. The number of hydrogen-bond acceptors (Lipinski definition) is 4. The van der Waals surface area contributed by atoms with Crippen molar-refractivity contribution in [1.82, 2.24) is 9.97 Å². The van der Waals surface area contributed by atoms with Crippen LogP contribution in [0, 0.1) is 11.3 Å². The molecule has 0 bridgehead atoms. The molecular weight excluding hydrogens is 298 g/mol. The van der Waals surface area contributed by atoms with Crippen molar-refractivity contribution >= 4 is 15.9 Å². The molecule has 92 valence electrons. The lowest BCUT2D eigenvalue weighted by molar-refractivity contribution is 0.394. The number of imidazole rings is 1. The van der Waals surface area contributed by atoms with Gasteiger partial charge in [0.2, 0.25) is 0 Å². The van der Waals surface area contributed by atoms with Gasteiger partial charge < -0.3 is 14.5 Å². The highest BCUT2D eigenvalue weighted by molar-refractivity contribution is 9.10.